The summed E-state index contributed by atoms with van der Waals surface area (Å²) in [7, 11) is -2.69. The van der Waals surface area contributed by atoms with Gasteiger partial charge in [0.2, 0.25) is 11.8 Å². The van der Waals surface area contributed by atoms with Crippen molar-refractivity contribution < 1.29 is 27.5 Å². The van der Waals surface area contributed by atoms with Crippen molar-refractivity contribution in [2.45, 2.75) is 30.8 Å². The van der Waals surface area contributed by atoms with Crippen LogP contribution in [0.3, 0.4) is 0 Å². The molecule has 0 bridgehead atoms. The molecule has 5 rings (SSSR count). The molecule has 10 heteroatoms. The van der Waals surface area contributed by atoms with Crippen molar-refractivity contribution in [3.63, 3.8) is 0 Å². The number of carbonyl (C=O) groups is 2. The van der Waals surface area contributed by atoms with E-state index in [4.69, 9.17) is 9.47 Å². The molecule has 4 aromatic carbocycles. The summed E-state index contributed by atoms with van der Waals surface area (Å²) < 4.78 is 40.6. The number of anilines is 1. The lowest BCUT2D eigenvalue weighted by Crippen LogP contribution is -2.53. The van der Waals surface area contributed by atoms with Crippen LogP contribution in [0.15, 0.2) is 108 Å². The Hall–Kier alpha value is -4.83. The number of likely N-dealkylation sites (N-methyl/N-ethyl adjacent to an activating group) is 1. The first-order chi connectivity index (χ1) is 21.3. The molecular formula is C34H35N3O6S. The molecule has 1 aliphatic rings. The van der Waals surface area contributed by atoms with Crippen molar-refractivity contribution in [3.05, 3.63) is 120 Å². The minimum Gasteiger partial charge on any atom is -0.486 e. The molecule has 1 aliphatic heterocycles. The van der Waals surface area contributed by atoms with Crippen LogP contribution in [-0.2, 0) is 32.6 Å². The van der Waals surface area contributed by atoms with Gasteiger partial charge in [-0.3, -0.25) is 13.9 Å². The molecule has 0 aromatic heterocycles. The predicted molar refractivity (Wildman–Crippen MR) is 168 cm³/mol. The second kappa shape index (κ2) is 13.6. The number of hydrogen-bond acceptors (Lipinski definition) is 6. The molecule has 0 saturated heterocycles. The second-order valence-electron chi connectivity index (χ2n) is 10.5. The van der Waals surface area contributed by atoms with Gasteiger partial charge in [-0.2, -0.15) is 0 Å². The molecule has 0 unspecified atom stereocenters. The highest BCUT2D eigenvalue weighted by molar-refractivity contribution is 7.92. The molecule has 9 nitrogen and oxygen atoms in total. The maximum atomic E-state index is 14.4. The number of benzene rings is 4. The molecule has 1 atom stereocenters. The summed E-state index contributed by atoms with van der Waals surface area (Å²) in [5.41, 5.74) is 2.96. The van der Waals surface area contributed by atoms with Crippen LogP contribution in [0.2, 0.25) is 0 Å². The second-order valence-corrected chi connectivity index (χ2v) is 12.3. The van der Waals surface area contributed by atoms with E-state index in [1.54, 1.807) is 36.4 Å². The number of aryl methyl sites for hydroxylation is 1. The van der Waals surface area contributed by atoms with Crippen LogP contribution in [0, 0.1) is 6.92 Å². The summed E-state index contributed by atoms with van der Waals surface area (Å²) >= 11 is 0. The van der Waals surface area contributed by atoms with Gasteiger partial charge in [0.05, 0.1) is 10.6 Å². The first-order valence-corrected chi connectivity index (χ1v) is 15.8. The fraction of sp³-hybridized carbons (Fsp3) is 0.235. The Labute approximate surface area is 258 Å². The van der Waals surface area contributed by atoms with E-state index in [0.29, 0.717) is 24.7 Å². The highest BCUT2D eigenvalue weighted by atomic mass is 32.2. The maximum Gasteiger partial charge on any atom is 0.264 e. The van der Waals surface area contributed by atoms with Gasteiger partial charge in [-0.15, -0.1) is 0 Å². The highest BCUT2D eigenvalue weighted by Crippen LogP contribution is 2.36. The largest absolute Gasteiger partial charge is 0.486 e. The van der Waals surface area contributed by atoms with E-state index >= 15 is 0 Å². The molecule has 44 heavy (non-hydrogen) atoms. The Bertz CT molecular complexity index is 1700. The number of rotatable bonds is 11. The lowest BCUT2D eigenvalue weighted by atomic mass is 10.0. The first kappa shape index (κ1) is 30.6. The van der Waals surface area contributed by atoms with E-state index in [2.05, 4.69) is 5.32 Å². The molecule has 0 fully saturated rings. The number of nitrogens with one attached hydrogen (secondary N) is 1. The van der Waals surface area contributed by atoms with Gasteiger partial charge in [0, 0.05) is 26.1 Å². The lowest BCUT2D eigenvalue weighted by Gasteiger charge is -2.34. The fourth-order valence-corrected chi connectivity index (χ4v) is 6.47. The normalized spacial score (nSPS) is 13.0. The van der Waals surface area contributed by atoms with Crippen molar-refractivity contribution >= 4 is 27.5 Å². The van der Waals surface area contributed by atoms with E-state index < -0.39 is 28.5 Å². The summed E-state index contributed by atoms with van der Waals surface area (Å²) in [5, 5.41) is 2.70. The SMILES string of the molecule is CNC(=O)[C@H](Cc1ccccc1)N(Cc1ccc(C)cc1)C(=O)CN(c1ccc2c(c1)OCCO2)S(=O)(=O)c1ccccc1. The van der Waals surface area contributed by atoms with Gasteiger partial charge in [0.1, 0.15) is 25.8 Å². The molecule has 0 saturated carbocycles. The monoisotopic (exact) mass is 613 g/mol. The minimum absolute atomic E-state index is 0.0277. The molecule has 0 aliphatic carbocycles. The molecular weight excluding hydrogens is 578 g/mol. The van der Waals surface area contributed by atoms with Crippen molar-refractivity contribution in [1.82, 2.24) is 10.2 Å². The third kappa shape index (κ3) is 7.03. The van der Waals surface area contributed by atoms with Gasteiger partial charge in [0.15, 0.2) is 11.5 Å². The Kier molecular flexibility index (Phi) is 9.50. The minimum atomic E-state index is -4.21. The number of hydrogen-bond donors (Lipinski definition) is 1. The molecule has 4 aromatic rings. The van der Waals surface area contributed by atoms with E-state index in [1.165, 1.54) is 24.1 Å². The van der Waals surface area contributed by atoms with Gasteiger partial charge in [-0.1, -0.05) is 78.4 Å². The Balaban J connectivity index is 1.57. The quantitative estimate of drug-likeness (QED) is 0.270. The van der Waals surface area contributed by atoms with Gasteiger partial charge in [-0.25, -0.2) is 8.42 Å². The zero-order valence-corrected chi connectivity index (χ0v) is 25.5. The maximum absolute atomic E-state index is 14.4. The number of nitrogens with zero attached hydrogens (tertiary/aromatic N) is 2. The summed E-state index contributed by atoms with van der Waals surface area (Å²) in [6.07, 6.45) is 0.244. The van der Waals surface area contributed by atoms with Crippen LogP contribution in [0.5, 0.6) is 11.5 Å². The first-order valence-electron chi connectivity index (χ1n) is 14.3. The topological polar surface area (TPSA) is 105 Å². The zero-order valence-electron chi connectivity index (χ0n) is 24.7. The van der Waals surface area contributed by atoms with Gasteiger partial charge in [-0.05, 0) is 42.3 Å². The van der Waals surface area contributed by atoms with E-state index in [0.717, 1.165) is 21.0 Å². The van der Waals surface area contributed by atoms with Crippen molar-refractivity contribution in [2.75, 3.05) is 31.1 Å². The smallest absolute Gasteiger partial charge is 0.264 e. The number of ether oxygens (including phenoxy) is 2. The Morgan fingerprint density at radius 2 is 1.45 bits per heavy atom. The number of amides is 2. The van der Waals surface area contributed by atoms with Crippen LogP contribution >= 0.6 is 0 Å². The molecule has 2 amide bonds. The summed E-state index contributed by atoms with van der Waals surface area (Å²) in [6, 6.07) is 28.9. The number of sulfonamides is 1. The van der Waals surface area contributed by atoms with Crippen LogP contribution in [-0.4, -0.2) is 58.0 Å². The van der Waals surface area contributed by atoms with Gasteiger partial charge >= 0.3 is 0 Å². The van der Waals surface area contributed by atoms with Crippen LogP contribution < -0.4 is 19.1 Å². The third-order valence-electron chi connectivity index (χ3n) is 7.41. The van der Waals surface area contributed by atoms with Crippen molar-refractivity contribution in [3.8, 4) is 11.5 Å². The van der Waals surface area contributed by atoms with Gasteiger partial charge in [0.25, 0.3) is 10.0 Å². The Morgan fingerprint density at radius 1 is 0.818 bits per heavy atom. The molecule has 1 N–H and O–H groups in total. The van der Waals surface area contributed by atoms with Gasteiger partial charge < -0.3 is 19.7 Å². The average molecular weight is 614 g/mol. The Morgan fingerprint density at radius 3 is 2.11 bits per heavy atom. The summed E-state index contributed by atoms with van der Waals surface area (Å²) in [6.45, 7) is 2.22. The average Bonchev–Trinajstić information content (AvgIpc) is 3.06. The van der Waals surface area contributed by atoms with Crippen LogP contribution in [0.25, 0.3) is 0 Å². The lowest BCUT2D eigenvalue weighted by molar-refractivity contribution is -0.139. The predicted octanol–water partition coefficient (Wildman–Crippen LogP) is 4.35. The number of fused-ring (bicyclic) bond motifs is 1. The van der Waals surface area contributed by atoms with E-state index in [9.17, 15) is 18.0 Å². The highest BCUT2D eigenvalue weighted by Gasteiger charge is 2.34. The van der Waals surface area contributed by atoms with E-state index in [1.807, 2.05) is 61.5 Å². The van der Waals surface area contributed by atoms with Crippen molar-refractivity contribution in [1.29, 1.82) is 0 Å². The summed E-state index contributed by atoms with van der Waals surface area (Å²) in [5.74, 6) is -0.0131. The molecule has 0 radical (unpaired) electrons. The standard InChI is InChI=1S/C34H35N3O6S/c1-25-13-15-27(16-14-25)23-36(30(34(39)35-2)21-26-9-5-3-6-10-26)33(38)24-37(44(40,41)29-11-7-4-8-12-29)28-17-18-31-32(22-28)43-20-19-42-31/h3-18,22,30H,19-21,23-24H2,1-2H3,(H,35,39)/t30-/m0/s1. The van der Waals surface area contributed by atoms with E-state index in [-0.39, 0.29) is 29.5 Å². The molecule has 1 heterocycles. The zero-order chi connectivity index (χ0) is 31.1. The molecule has 0 spiro atoms. The molecule has 228 valence electrons. The van der Waals surface area contributed by atoms with Crippen LogP contribution in [0.4, 0.5) is 5.69 Å². The number of carbonyl (C=O) groups excluding carboxylic acids is 2. The fourth-order valence-electron chi connectivity index (χ4n) is 5.05. The third-order valence-corrected chi connectivity index (χ3v) is 9.20. The van der Waals surface area contributed by atoms with Crippen LogP contribution in [0.1, 0.15) is 16.7 Å². The summed E-state index contributed by atoms with van der Waals surface area (Å²) in [4.78, 5) is 29.3. The van der Waals surface area contributed by atoms with Crippen molar-refractivity contribution in [2.24, 2.45) is 0 Å².